The van der Waals surface area contributed by atoms with Crippen LogP contribution in [0.3, 0.4) is 0 Å². The van der Waals surface area contributed by atoms with Gasteiger partial charge in [0.2, 0.25) is 0 Å². The minimum Gasteiger partial charge on any atom is -0.386 e. The second kappa shape index (κ2) is 7.84. The smallest absolute Gasteiger partial charge is 0.163 e. The van der Waals surface area contributed by atoms with E-state index < -0.39 is 30.1 Å². The second-order valence-electron chi connectivity index (χ2n) is 9.29. The van der Waals surface area contributed by atoms with E-state index in [1.165, 1.54) is 0 Å². The highest BCUT2D eigenvalue weighted by Crippen LogP contribution is 2.35. The van der Waals surface area contributed by atoms with Crippen molar-refractivity contribution in [2.75, 3.05) is 6.61 Å². The zero-order chi connectivity index (χ0) is 20.7. The number of aliphatic hydroxyl groups excluding tert-OH is 1. The highest BCUT2D eigenvalue weighted by Gasteiger charge is 2.47. The Hall–Kier alpha value is -1.31. The molecule has 1 aliphatic rings. The normalized spacial score (nSPS) is 26.1. The monoisotopic (exact) mass is 405 g/mol. The first kappa shape index (κ1) is 21.4. The van der Waals surface area contributed by atoms with Gasteiger partial charge in [0.1, 0.15) is 23.0 Å². The Kier molecular flexibility index (Phi) is 5.99. The minimum absolute atomic E-state index is 0.308. The Labute approximate surface area is 172 Å². The van der Waals surface area contributed by atoms with E-state index in [1.807, 2.05) is 82.6 Å². The topological polar surface area (TPSA) is 52.9 Å². The number of benzene rings is 1. The minimum atomic E-state index is -0.861. The van der Waals surface area contributed by atoms with E-state index in [9.17, 15) is 5.11 Å². The van der Waals surface area contributed by atoms with Crippen LogP contribution in [0.25, 0.3) is 10.8 Å². The summed E-state index contributed by atoms with van der Waals surface area (Å²) in [5, 5.41) is 13.1. The Morgan fingerprint density at radius 1 is 1.07 bits per heavy atom. The molecule has 5 nitrogen and oxygen atoms in total. The van der Waals surface area contributed by atoms with Crippen LogP contribution < -0.4 is 0 Å². The van der Waals surface area contributed by atoms with Crippen LogP contribution in [-0.2, 0) is 14.2 Å². The molecule has 1 aromatic carbocycles. The molecule has 1 aliphatic heterocycles. The highest BCUT2D eigenvalue weighted by atomic mass is 32.1. The molecule has 2 heterocycles. The lowest BCUT2D eigenvalue weighted by molar-refractivity contribution is -0.138. The predicted octanol–water partition coefficient (Wildman–Crippen LogP) is 4.63. The lowest BCUT2D eigenvalue weighted by atomic mass is 10.1. The molecule has 0 saturated carbocycles. The summed E-state index contributed by atoms with van der Waals surface area (Å²) in [6.45, 7) is 12.2. The quantitative estimate of drug-likeness (QED) is 0.752. The van der Waals surface area contributed by atoms with Gasteiger partial charge in [-0.05, 0) is 53.0 Å². The zero-order valence-electron chi connectivity index (χ0n) is 17.5. The molecular weight excluding hydrogens is 374 g/mol. The summed E-state index contributed by atoms with van der Waals surface area (Å²) in [7, 11) is 0. The lowest BCUT2D eigenvalue weighted by Crippen LogP contribution is -2.42. The number of fused-ring (bicyclic) bond motifs is 1. The van der Waals surface area contributed by atoms with Crippen LogP contribution >= 0.6 is 12.2 Å². The van der Waals surface area contributed by atoms with Gasteiger partial charge in [0, 0.05) is 11.6 Å². The molecule has 154 valence electrons. The molecule has 0 aliphatic carbocycles. The van der Waals surface area contributed by atoms with Crippen LogP contribution in [0.15, 0.2) is 36.5 Å². The molecule has 0 radical (unpaired) electrons. The Balaban J connectivity index is 1.93. The van der Waals surface area contributed by atoms with Gasteiger partial charge in [0.05, 0.1) is 17.8 Å². The molecule has 1 N–H and O–H groups in total. The van der Waals surface area contributed by atoms with Crippen LogP contribution in [0.1, 0.15) is 47.8 Å². The molecule has 6 heteroatoms. The van der Waals surface area contributed by atoms with Crippen molar-refractivity contribution in [2.45, 2.75) is 77.3 Å². The number of hydrogen-bond donors (Lipinski definition) is 1. The number of hydrogen-bond acceptors (Lipinski definition) is 5. The Bertz CT molecular complexity index is 880. The molecule has 28 heavy (non-hydrogen) atoms. The van der Waals surface area contributed by atoms with E-state index in [2.05, 4.69) is 0 Å². The van der Waals surface area contributed by atoms with Gasteiger partial charge in [-0.1, -0.05) is 36.5 Å². The van der Waals surface area contributed by atoms with Gasteiger partial charge in [-0.25, -0.2) is 0 Å². The van der Waals surface area contributed by atoms with E-state index in [-0.39, 0.29) is 5.60 Å². The first-order valence-corrected chi connectivity index (χ1v) is 10.1. The molecule has 4 atom stereocenters. The number of aliphatic hydroxyl groups is 1. The predicted molar refractivity (Wildman–Crippen MR) is 113 cm³/mol. The molecule has 0 amide bonds. The van der Waals surface area contributed by atoms with Crippen molar-refractivity contribution >= 4 is 23.0 Å². The van der Waals surface area contributed by atoms with Crippen molar-refractivity contribution in [3.05, 3.63) is 41.2 Å². The fourth-order valence-corrected chi connectivity index (χ4v) is 3.72. The van der Waals surface area contributed by atoms with Crippen molar-refractivity contribution in [1.29, 1.82) is 0 Å². The van der Waals surface area contributed by atoms with Crippen molar-refractivity contribution in [1.82, 2.24) is 4.57 Å². The van der Waals surface area contributed by atoms with Crippen molar-refractivity contribution in [3.63, 3.8) is 0 Å². The van der Waals surface area contributed by atoms with Gasteiger partial charge in [0.25, 0.3) is 0 Å². The number of pyridine rings is 1. The highest BCUT2D eigenvalue weighted by molar-refractivity contribution is 7.71. The molecule has 3 rings (SSSR count). The maximum absolute atomic E-state index is 11.1. The maximum atomic E-state index is 11.1. The standard InChI is InChI=1S/C22H31NO4S/c1-21(2,3)25-13-16-18(27-22(4,5)6)17(24)19(26-16)23-12-11-14-9-7-8-10-15(14)20(23)28/h7-12,16-19,24H,13H2,1-6H3/t16-,17+,18?,19-/m1/s1. The third-order valence-electron chi connectivity index (χ3n) is 4.59. The fraction of sp³-hybridized carbons (Fsp3) is 0.591. The number of nitrogens with zero attached hydrogens (tertiary/aromatic N) is 1. The number of ether oxygens (including phenoxy) is 3. The van der Waals surface area contributed by atoms with Gasteiger partial charge in [-0.2, -0.15) is 0 Å². The first-order valence-electron chi connectivity index (χ1n) is 9.71. The number of aromatic nitrogens is 1. The second-order valence-corrected chi connectivity index (χ2v) is 9.68. The van der Waals surface area contributed by atoms with Gasteiger partial charge >= 0.3 is 0 Å². The van der Waals surface area contributed by atoms with Gasteiger partial charge < -0.3 is 23.9 Å². The summed E-state index contributed by atoms with van der Waals surface area (Å²) in [5.41, 5.74) is -0.729. The summed E-state index contributed by atoms with van der Waals surface area (Å²) in [4.78, 5) is 0. The Morgan fingerprint density at radius 2 is 1.75 bits per heavy atom. The molecule has 1 aromatic heterocycles. The van der Waals surface area contributed by atoms with E-state index in [0.717, 1.165) is 10.8 Å². The molecule has 2 aromatic rings. The number of rotatable bonds is 4. The van der Waals surface area contributed by atoms with Crippen LogP contribution in [-0.4, -0.2) is 45.8 Å². The van der Waals surface area contributed by atoms with Crippen molar-refractivity contribution < 1.29 is 19.3 Å². The van der Waals surface area contributed by atoms with Gasteiger partial charge in [-0.15, -0.1) is 0 Å². The summed E-state index contributed by atoms with van der Waals surface area (Å²) in [6, 6.07) is 9.93. The first-order chi connectivity index (χ1) is 13.0. The Morgan fingerprint density at radius 3 is 2.39 bits per heavy atom. The largest absolute Gasteiger partial charge is 0.386 e. The van der Waals surface area contributed by atoms with Crippen LogP contribution in [0, 0.1) is 4.64 Å². The van der Waals surface area contributed by atoms with Gasteiger partial charge in [0.15, 0.2) is 6.23 Å². The third-order valence-corrected chi connectivity index (χ3v) is 5.02. The van der Waals surface area contributed by atoms with E-state index in [4.69, 9.17) is 26.4 Å². The zero-order valence-corrected chi connectivity index (χ0v) is 18.3. The molecule has 0 bridgehead atoms. The lowest BCUT2D eigenvalue weighted by Gasteiger charge is -2.30. The molecule has 0 spiro atoms. The summed E-state index contributed by atoms with van der Waals surface area (Å²) in [6.07, 6.45) is -0.522. The van der Waals surface area contributed by atoms with Crippen molar-refractivity contribution in [2.24, 2.45) is 0 Å². The van der Waals surface area contributed by atoms with Crippen LogP contribution in [0.4, 0.5) is 0 Å². The molecule has 1 saturated heterocycles. The summed E-state index contributed by atoms with van der Waals surface area (Å²) < 4.78 is 20.8. The van der Waals surface area contributed by atoms with E-state index in [1.54, 1.807) is 0 Å². The van der Waals surface area contributed by atoms with Crippen molar-refractivity contribution in [3.8, 4) is 0 Å². The van der Waals surface area contributed by atoms with Crippen LogP contribution in [0.2, 0.25) is 0 Å². The molecule has 1 unspecified atom stereocenters. The molecular formula is C22H31NO4S. The maximum Gasteiger partial charge on any atom is 0.163 e. The van der Waals surface area contributed by atoms with Gasteiger partial charge in [-0.3, -0.25) is 0 Å². The van der Waals surface area contributed by atoms with E-state index in [0.29, 0.717) is 11.2 Å². The summed E-state index contributed by atoms with van der Waals surface area (Å²) in [5.74, 6) is 0. The fourth-order valence-electron chi connectivity index (χ4n) is 3.37. The van der Waals surface area contributed by atoms with E-state index >= 15 is 0 Å². The third kappa shape index (κ3) is 4.81. The average molecular weight is 406 g/mol. The average Bonchev–Trinajstić information content (AvgIpc) is 2.88. The SMILES string of the molecule is CC(C)(C)OC[C@H]1O[C@@H](n2ccc3ccccc3c2=S)[C@@H](O)C1OC(C)(C)C. The van der Waals surface area contributed by atoms with Crippen LogP contribution in [0.5, 0.6) is 0 Å². The summed E-state index contributed by atoms with van der Waals surface area (Å²) >= 11 is 5.69. The molecule has 1 fully saturated rings.